The van der Waals surface area contributed by atoms with Crippen LogP contribution >= 0.6 is 15.9 Å². The van der Waals surface area contributed by atoms with E-state index in [1.165, 1.54) is 12.1 Å². The van der Waals surface area contributed by atoms with Crippen molar-refractivity contribution < 1.29 is 13.9 Å². The minimum atomic E-state index is -0.392. The summed E-state index contributed by atoms with van der Waals surface area (Å²) in [6, 6.07) is 2.76. The molecule has 0 unspecified atom stereocenters. The molecule has 0 spiro atoms. The molecule has 0 heterocycles. The Hall–Kier alpha value is -0.810. The fourth-order valence-corrected chi connectivity index (χ4v) is 1.38. The summed E-state index contributed by atoms with van der Waals surface area (Å²) in [5, 5.41) is 0. The van der Waals surface area contributed by atoms with Gasteiger partial charge in [0.1, 0.15) is 11.6 Å². The smallest absolute Gasteiger partial charge is 0.143 e. The van der Waals surface area contributed by atoms with Crippen molar-refractivity contribution in [2.45, 2.75) is 6.42 Å². The molecule has 1 rings (SSSR count). The van der Waals surface area contributed by atoms with Crippen molar-refractivity contribution in [1.29, 1.82) is 0 Å². The van der Waals surface area contributed by atoms with Gasteiger partial charge in [0.15, 0.2) is 0 Å². The van der Waals surface area contributed by atoms with Crippen molar-refractivity contribution in [2.75, 3.05) is 26.1 Å². The standard InChI is InChI=1S/C10H13BrFNO2/c1-14-3-2-4-15-10-5-7(11)8(12)6-9(10)13/h5-6H,2-4,13H2,1H3. The fourth-order valence-electron chi connectivity index (χ4n) is 1.05. The topological polar surface area (TPSA) is 44.5 Å². The predicted molar refractivity (Wildman–Crippen MR) is 60.5 cm³/mol. The van der Waals surface area contributed by atoms with Crippen LogP contribution in [0.1, 0.15) is 6.42 Å². The first-order valence-electron chi connectivity index (χ1n) is 4.51. The molecule has 0 bridgehead atoms. The van der Waals surface area contributed by atoms with E-state index in [-0.39, 0.29) is 0 Å². The zero-order valence-electron chi connectivity index (χ0n) is 8.43. The maximum atomic E-state index is 13.0. The van der Waals surface area contributed by atoms with Crippen molar-refractivity contribution in [3.63, 3.8) is 0 Å². The maximum Gasteiger partial charge on any atom is 0.143 e. The van der Waals surface area contributed by atoms with Gasteiger partial charge in [-0.3, -0.25) is 0 Å². The number of ether oxygens (including phenoxy) is 2. The lowest BCUT2D eigenvalue weighted by molar-refractivity contribution is 0.172. The zero-order chi connectivity index (χ0) is 11.3. The van der Waals surface area contributed by atoms with E-state index in [1.54, 1.807) is 7.11 Å². The third-order valence-corrected chi connectivity index (χ3v) is 2.41. The first-order chi connectivity index (χ1) is 7.15. The van der Waals surface area contributed by atoms with Gasteiger partial charge in [0, 0.05) is 26.2 Å². The molecule has 0 aliphatic carbocycles. The van der Waals surface area contributed by atoms with Crippen molar-refractivity contribution in [3.8, 4) is 5.75 Å². The Bertz CT molecular complexity index is 333. The summed E-state index contributed by atoms with van der Waals surface area (Å²) in [6.07, 6.45) is 0.769. The van der Waals surface area contributed by atoms with Crippen LogP contribution in [0.4, 0.5) is 10.1 Å². The molecule has 0 saturated carbocycles. The second-order valence-corrected chi connectivity index (χ2v) is 3.85. The summed E-state index contributed by atoms with van der Waals surface area (Å²) in [5.41, 5.74) is 5.89. The average Bonchev–Trinajstić information content (AvgIpc) is 2.20. The van der Waals surface area contributed by atoms with E-state index in [9.17, 15) is 4.39 Å². The summed E-state index contributed by atoms with van der Waals surface area (Å²) in [4.78, 5) is 0. The fraction of sp³-hybridized carbons (Fsp3) is 0.400. The molecule has 0 fully saturated rings. The predicted octanol–water partition coefficient (Wildman–Crippen LogP) is 2.59. The Labute approximate surface area is 96.5 Å². The lowest BCUT2D eigenvalue weighted by Crippen LogP contribution is -2.03. The third-order valence-electron chi connectivity index (χ3n) is 1.80. The Balaban J connectivity index is 2.57. The highest BCUT2D eigenvalue weighted by atomic mass is 79.9. The van der Waals surface area contributed by atoms with Crippen molar-refractivity contribution in [3.05, 3.63) is 22.4 Å². The Morgan fingerprint density at radius 2 is 2.13 bits per heavy atom. The van der Waals surface area contributed by atoms with E-state index in [1.807, 2.05) is 0 Å². The molecular formula is C10H13BrFNO2. The van der Waals surface area contributed by atoms with Crippen LogP contribution in [0.15, 0.2) is 16.6 Å². The maximum absolute atomic E-state index is 13.0. The number of halogens is 2. The molecule has 2 N–H and O–H groups in total. The highest BCUT2D eigenvalue weighted by Crippen LogP contribution is 2.28. The Morgan fingerprint density at radius 1 is 1.40 bits per heavy atom. The normalized spacial score (nSPS) is 10.3. The molecule has 0 aliphatic rings. The second kappa shape index (κ2) is 5.92. The molecule has 0 aliphatic heterocycles. The van der Waals surface area contributed by atoms with Crippen LogP contribution in [0.25, 0.3) is 0 Å². The minimum Gasteiger partial charge on any atom is -0.491 e. The molecule has 5 heteroatoms. The molecule has 1 aromatic carbocycles. The molecule has 3 nitrogen and oxygen atoms in total. The monoisotopic (exact) mass is 277 g/mol. The average molecular weight is 278 g/mol. The van der Waals surface area contributed by atoms with Gasteiger partial charge in [-0.05, 0) is 22.0 Å². The number of nitrogens with two attached hydrogens (primary N) is 1. The first-order valence-corrected chi connectivity index (χ1v) is 5.30. The van der Waals surface area contributed by atoms with Crippen molar-refractivity contribution in [2.24, 2.45) is 0 Å². The van der Waals surface area contributed by atoms with Crippen LogP contribution in [0, 0.1) is 5.82 Å². The van der Waals surface area contributed by atoms with E-state index < -0.39 is 5.82 Å². The molecule has 0 atom stereocenters. The molecular weight excluding hydrogens is 265 g/mol. The van der Waals surface area contributed by atoms with Crippen LogP contribution < -0.4 is 10.5 Å². The second-order valence-electron chi connectivity index (χ2n) is 3.00. The summed E-state index contributed by atoms with van der Waals surface area (Å²) >= 11 is 3.07. The molecule has 15 heavy (non-hydrogen) atoms. The van der Waals surface area contributed by atoms with Gasteiger partial charge < -0.3 is 15.2 Å². The number of hydrogen-bond acceptors (Lipinski definition) is 3. The molecule has 0 aromatic heterocycles. The SMILES string of the molecule is COCCCOc1cc(Br)c(F)cc1N. The summed E-state index contributed by atoms with van der Waals surface area (Å²) in [6.45, 7) is 1.12. The highest BCUT2D eigenvalue weighted by Gasteiger charge is 2.06. The molecule has 1 aromatic rings. The van der Waals surface area contributed by atoms with Crippen LogP contribution in [0.3, 0.4) is 0 Å². The lowest BCUT2D eigenvalue weighted by atomic mass is 10.3. The number of hydrogen-bond donors (Lipinski definition) is 1. The van der Waals surface area contributed by atoms with Gasteiger partial charge in [-0.15, -0.1) is 0 Å². The van der Waals surface area contributed by atoms with E-state index in [4.69, 9.17) is 15.2 Å². The lowest BCUT2D eigenvalue weighted by Gasteiger charge is -2.09. The first kappa shape index (κ1) is 12.3. The van der Waals surface area contributed by atoms with E-state index in [2.05, 4.69) is 15.9 Å². The van der Waals surface area contributed by atoms with Crippen LogP contribution in [-0.2, 0) is 4.74 Å². The van der Waals surface area contributed by atoms with Gasteiger partial charge in [0.25, 0.3) is 0 Å². The number of nitrogen functional groups attached to an aromatic ring is 1. The Kier molecular flexibility index (Phi) is 4.84. The Morgan fingerprint density at radius 3 is 2.80 bits per heavy atom. The van der Waals surface area contributed by atoms with Crippen molar-refractivity contribution in [1.82, 2.24) is 0 Å². The van der Waals surface area contributed by atoms with Gasteiger partial charge in [-0.2, -0.15) is 0 Å². The number of methoxy groups -OCH3 is 1. The molecule has 0 radical (unpaired) electrons. The minimum absolute atomic E-state index is 0.299. The quantitative estimate of drug-likeness (QED) is 0.665. The summed E-state index contributed by atoms with van der Waals surface area (Å²) < 4.78 is 23.6. The zero-order valence-corrected chi connectivity index (χ0v) is 10.0. The van der Waals surface area contributed by atoms with Crippen LogP contribution in [0.5, 0.6) is 5.75 Å². The summed E-state index contributed by atoms with van der Waals surface area (Å²) in [5.74, 6) is 0.0936. The van der Waals surface area contributed by atoms with Crippen LogP contribution in [-0.4, -0.2) is 20.3 Å². The molecule has 0 saturated heterocycles. The summed E-state index contributed by atoms with van der Waals surface area (Å²) in [7, 11) is 1.63. The molecule has 0 amide bonds. The number of benzene rings is 1. The third kappa shape index (κ3) is 3.68. The van der Waals surface area contributed by atoms with E-state index in [0.29, 0.717) is 29.1 Å². The van der Waals surface area contributed by atoms with Gasteiger partial charge in [-0.25, -0.2) is 4.39 Å². The highest BCUT2D eigenvalue weighted by molar-refractivity contribution is 9.10. The van der Waals surface area contributed by atoms with Gasteiger partial charge in [0.2, 0.25) is 0 Å². The number of rotatable bonds is 5. The van der Waals surface area contributed by atoms with Crippen molar-refractivity contribution >= 4 is 21.6 Å². The van der Waals surface area contributed by atoms with E-state index >= 15 is 0 Å². The van der Waals surface area contributed by atoms with Gasteiger partial charge in [-0.1, -0.05) is 0 Å². The van der Waals surface area contributed by atoms with Gasteiger partial charge in [0.05, 0.1) is 16.8 Å². The molecule has 84 valence electrons. The van der Waals surface area contributed by atoms with Gasteiger partial charge >= 0.3 is 0 Å². The van der Waals surface area contributed by atoms with E-state index in [0.717, 1.165) is 6.42 Å². The largest absolute Gasteiger partial charge is 0.491 e. The van der Waals surface area contributed by atoms with Crippen LogP contribution in [0.2, 0.25) is 0 Å². The number of anilines is 1.